The van der Waals surface area contributed by atoms with Gasteiger partial charge in [0.2, 0.25) is 0 Å². The molecule has 0 unspecified atom stereocenters. The molecule has 0 bridgehead atoms. The standard InChI is InChI=1S/C68H108N4S6/c1-7-11-15-19-23-27-31-35-39-43-47-55-51-59(75-62(55)67-69-57(53(5)73-67)49-45-41-37-33-29-25-21-17-13-9-3)64-61-66(78-72-71-61)65(77-64)60-52-56(48-44-40-36-32-28-24-20-16-12-8-2)63(76-60)68-70-58(54(6)74-68)50-46-42-38-34-30-26-22-18-14-10-4/h51-52H,7-50H2,1-6H3. The molecule has 6 heterocycles. The first-order valence-corrected chi connectivity index (χ1v) is 37.7. The normalized spacial score (nSPS) is 11.9. The minimum Gasteiger partial charge on any atom is -0.240 e. The van der Waals surface area contributed by atoms with E-state index >= 15 is 0 Å². The highest BCUT2D eigenvalue weighted by Gasteiger charge is 2.26. The molecule has 0 saturated carbocycles. The molecule has 78 heavy (non-hydrogen) atoms. The van der Waals surface area contributed by atoms with E-state index in [0.29, 0.717) is 0 Å². The number of thiazole rings is 2. The molecule has 0 radical (unpaired) electrons. The Bertz CT molecular complexity index is 2290. The Hall–Kier alpha value is -1.82. The fraction of sp³-hybridized carbons (Fsp3) is 0.735. The number of nitrogens with zero attached hydrogens (tertiary/aromatic N) is 4. The van der Waals surface area contributed by atoms with Crippen LogP contribution in [-0.2, 0) is 25.7 Å². The van der Waals surface area contributed by atoms with E-state index in [4.69, 9.17) is 15.1 Å². The van der Waals surface area contributed by atoms with Crippen molar-refractivity contribution in [3.63, 3.8) is 0 Å². The van der Waals surface area contributed by atoms with Gasteiger partial charge >= 0.3 is 0 Å². The fourth-order valence-electron chi connectivity index (χ4n) is 11.5. The molecule has 0 fully saturated rings. The van der Waals surface area contributed by atoms with Crippen molar-refractivity contribution >= 4 is 78.4 Å². The smallest absolute Gasteiger partial charge is 0.134 e. The number of aryl methyl sites for hydroxylation is 6. The lowest BCUT2D eigenvalue weighted by molar-refractivity contribution is 0.555. The number of unbranched alkanes of at least 4 members (excludes halogenated alkanes) is 36. The van der Waals surface area contributed by atoms with Crippen molar-refractivity contribution < 1.29 is 0 Å². The van der Waals surface area contributed by atoms with Crippen LogP contribution in [0.1, 0.15) is 317 Å². The molecule has 0 spiro atoms. The van der Waals surface area contributed by atoms with E-state index in [2.05, 4.69) is 58.2 Å². The summed E-state index contributed by atoms with van der Waals surface area (Å²) < 4.78 is 5.92. The molecule has 0 aliphatic heterocycles. The quantitative estimate of drug-likeness (QED) is 0.0357. The van der Waals surface area contributed by atoms with E-state index < -0.39 is 0 Å². The monoisotopic (exact) mass is 1170 g/mol. The summed E-state index contributed by atoms with van der Waals surface area (Å²) >= 11 is 11.4. The Morgan fingerprint density at radius 3 is 0.974 bits per heavy atom. The van der Waals surface area contributed by atoms with Crippen LogP contribution in [0.15, 0.2) is 12.1 Å². The van der Waals surface area contributed by atoms with Crippen LogP contribution in [0, 0.1) is 13.8 Å². The van der Waals surface area contributed by atoms with Gasteiger partial charge in [0.15, 0.2) is 0 Å². The van der Waals surface area contributed by atoms with Gasteiger partial charge in [0.05, 0.1) is 35.6 Å². The minimum atomic E-state index is 1.09. The molecule has 0 amide bonds. The highest BCUT2D eigenvalue weighted by molar-refractivity contribution is 7.33. The summed E-state index contributed by atoms with van der Waals surface area (Å²) in [7, 11) is 0. The lowest BCUT2D eigenvalue weighted by Crippen LogP contribution is -1.90. The van der Waals surface area contributed by atoms with Gasteiger partial charge in [-0.1, -0.05) is 263 Å². The van der Waals surface area contributed by atoms with Crippen LogP contribution in [0.5, 0.6) is 0 Å². The highest BCUT2D eigenvalue weighted by atomic mass is 32.1. The maximum atomic E-state index is 5.48. The number of rotatable bonds is 48. The molecule has 6 aromatic rings. The van der Waals surface area contributed by atoms with E-state index in [9.17, 15) is 0 Å². The van der Waals surface area contributed by atoms with Gasteiger partial charge in [-0.2, -0.15) is 0 Å². The van der Waals surface area contributed by atoms with Crippen LogP contribution < -0.4 is 0 Å². The lowest BCUT2D eigenvalue weighted by atomic mass is 10.0. The molecule has 436 valence electrons. The van der Waals surface area contributed by atoms with Gasteiger partial charge in [0.25, 0.3) is 0 Å². The van der Waals surface area contributed by atoms with Gasteiger partial charge in [-0.15, -0.1) is 61.8 Å². The zero-order chi connectivity index (χ0) is 54.8. The SMILES string of the molecule is CCCCCCCCCCCCc1cc(-c2sc(-c3cc(CCCCCCCCCCCC)c(-c4nc(CCCCCCCCCCCC)c(C)s4)s3)c3snnc23)sc1-c1nc(CCCCCCCCCCCC)c(C)s1. The summed E-state index contributed by atoms with van der Waals surface area (Å²) in [6.45, 7) is 13.9. The van der Waals surface area contributed by atoms with E-state index in [1.54, 1.807) is 11.5 Å². The summed E-state index contributed by atoms with van der Waals surface area (Å²) in [6.07, 6.45) is 59.2. The zero-order valence-electron chi connectivity index (χ0n) is 50.5. The molecule has 0 atom stereocenters. The second kappa shape index (κ2) is 39.6. The van der Waals surface area contributed by atoms with Gasteiger partial charge in [-0.05, 0) is 100 Å². The second-order valence-electron chi connectivity index (χ2n) is 23.4. The van der Waals surface area contributed by atoms with Crippen LogP contribution in [0.25, 0.3) is 49.5 Å². The third kappa shape index (κ3) is 22.7. The number of thiophene rings is 3. The second-order valence-corrected chi connectivity index (χ2v) is 29.7. The Kier molecular flexibility index (Phi) is 33.2. The topological polar surface area (TPSA) is 51.6 Å². The summed E-state index contributed by atoms with van der Waals surface area (Å²) in [5.74, 6) is 0. The summed E-state index contributed by atoms with van der Waals surface area (Å²) in [4.78, 5) is 22.0. The Morgan fingerprint density at radius 2 is 0.628 bits per heavy atom. The first-order valence-electron chi connectivity index (χ1n) is 32.9. The van der Waals surface area contributed by atoms with E-state index in [-0.39, 0.29) is 0 Å². The zero-order valence-corrected chi connectivity index (χ0v) is 55.4. The average molecular weight is 1170 g/mol. The van der Waals surface area contributed by atoms with Crippen molar-refractivity contribution in [3.05, 3.63) is 44.4 Å². The Morgan fingerprint density at radius 1 is 0.321 bits per heavy atom. The third-order valence-electron chi connectivity index (χ3n) is 16.5. The van der Waals surface area contributed by atoms with Gasteiger partial charge in [-0.25, -0.2) is 9.97 Å². The van der Waals surface area contributed by atoms with Gasteiger partial charge in [0, 0.05) is 19.5 Å². The maximum Gasteiger partial charge on any atom is 0.134 e. The van der Waals surface area contributed by atoms with Crippen LogP contribution in [0.2, 0.25) is 0 Å². The van der Waals surface area contributed by atoms with Crippen molar-refractivity contribution in [2.75, 3.05) is 0 Å². The third-order valence-corrected chi connectivity index (χ3v) is 23.6. The molecule has 10 heteroatoms. The van der Waals surface area contributed by atoms with E-state index in [0.717, 1.165) is 31.2 Å². The van der Waals surface area contributed by atoms with Crippen LogP contribution >= 0.6 is 68.2 Å². The van der Waals surface area contributed by atoms with Crippen LogP contribution in [0.4, 0.5) is 0 Å². The Balaban J connectivity index is 1.19. The first-order chi connectivity index (χ1) is 38.4. The van der Waals surface area contributed by atoms with Crippen LogP contribution in [-0.4, -0.2) is 19.6 Å². The Labute approximate surface area is 501 Å². The first kappa shape index (κ1) is 65.3. The molecule has 0 aliphatic carbocycles. The predicted octanol–water partition coefficient (Wildman–Crippen LogP) is 25.9. The largest absolute Gasteiger partial charge is 0.240 e. The van der Waals surface area contributed by atoms with Crippen molar-refractivity contribution in [2.24, 2.45) is 0 Å². The summed E-state index contributed by atoms with van der Waals surface area (Å²) in [5.41, 5.74) is 6.75. The fourth-order valence-corrected chi connectivity index (χ4v) is 18.4. The molecular formula is C68H108N4S6. The summed E-state index contributed by atoms with van der Waals surface area (Å²) in [6, 6.07) is 5.11. The molecule has 4 nitrogen and oxygen atoms in total. The number of hydrogen-bond acceptors (Lipinski definition) is 10. The summed E-state index contributed by atoms with van der Waals surface area (Å²) in [5, 5.41) is 7.40. The van der Waals surface area contributed by atoms with Gasteiger partial charge < -0.3 is 0 Å². The predicted molar refractivity (Wildman–Crippen MR) is 356 cm³/mol. The molecule has 6 aromatic heterocycles. The number of fused-ring (bicyclic) bond motifs is 1. The molecule has 0 aliphatic rings. The van der Waals surface area contributed by atoms with Gasteiger partial charge in [0.1, 0.15) is 15.5 Å². The van der Waals surface area contributed by atoms with E-state index in [1.165, 1.54) is 333 Å². The van der Waals surface area contributed by atoms with Crippen molar-refractivity contribution in [1.29, 1.82) is 0 Å². The number of hydrogen-bond donors (Lipinski definition) is 0. The molecule has 0 saturated heterocycles. The lowest BCUT2D eigenvalue weighted by Gasteiger charge is -2.04. The highest BCUT2D eigenvalue weighted by Crippen LogP contribution is 2.52. The minimum absolute atomic E-state index is 1.09. The maximum absolute atomic E-state index is 5.48. The number of aromatic nitrogens is 4. The molecule has 0 N–H and O–H groups in total. The molecule has 0 aromatic carbocycles. The van der Waals surface area contributed by atoms with Crippen molar-refractivity contribution in [3.8, 4) is 39.3 Å². The van der Waals surface area contributed by atoms with Crippen molar-refractivity contribution in [2.45, 2.75) is 324 Å². The van der Waals surface area contributed by atoms with Crippen molar-refractivity contribution in [1.82, 2.24) is 19.6 Å². The molecular weight excluding hydrogens is 1070 g/mol. The van der Waals surface area contributed by atoms with Gasteiger partial charge in [-0.3, -0.25) is 0 Å². The van der Waals surface area contributed by atoms with E-state index in [1.807, 2.05) is 56.7 Å². The average Bonchev–Trinajstić information content (AvgIpc) is 4.39. The molecule has 6 rings (SSSR count). The van der Waals surface area contributed by atoms with Crippen LogP contribution in [0.3, 0.4) is 0 Å².